The zero-order chi connectivity index (χ0) is 29.0. The smallest absolute Gasteiger partial charge is 0.417 e. The van der Waals surface area contributed by atoms with Crippen LogP contribution in [0, 0.1) is 23.2 Å². The first-order valence-electron chi connectivity index (χ1n) is 14.8. The van der Waals surface area contributed by atoms with Gasteiger partial charge in [-0.15, -0.1) is 0 Å². The van der Waals surface area contributed by atoms with Gasteiger partial charge < -0.3 is 15.0 Å². The van der Waals surface area contributed by atoms with Crippen molar-refractivity contribution >= 4 is 11.9 Å². The Bertz CT molecular complexity index is 1350. The molecule has 2 aliphatic carbocycles. The van der Waals surface area contributed by atoms with Gasteiger partial charge in [0.15, 0.2) is 0 Å². The molecule has 4 aliphatic rings. The molecule has 6 rings (SSSR count). The molecule has 220 valence electrons. The fraction of sp³-hybridized carbons (Fsp3) is 0.594. The van der Waals surface area contributed by atoms with Gasteiger partial charge in [-0.25, -0.2) is 4.79 Å². The summed E-state index contributed by atoms with van der Waals surface area (Å²) in [6, 6.07) is 9.01. The summed E-state index contributed by atoms with van der Waals surface area (Å²) >= 11 is 0. The van der Waals surface area contributed by atoms with Crippen LogP contribution < -0.4 is 5.32 Å². The molecule has 2 aromatic rings. The number of benzene rings is 1. The number of carbonyl (C=O) groups is 2. The summed E-state index contributed by atoms with van der Waals surface area (Å²) in [5.41, 5.74) is 1.39. The molecule has 3 fully saturated rings. The lowest BCUT2D eigenvalue weighted by Gasteiger charge is -2.49. The van der Waals surface area contributed by atoms with Gasteiger partial charge in [0, 0.05) is 36.8 Å². The van der Waals surface area contributed by atoms with E-state index in [9.17, 15) is 22.8 Å². The maximum atomic E-state index is 14.4. The molecule has 1 aromatic heterocycles. The number of ether oxygens (including phenoxy) is 1. The lowest BCUT2D eigenvalue weighted by Crippen LogP contribution is -2.51. The monoisotopic (exact) mass is 569 g/mol. The molecule has 1 aromatic carbocycles. The number of pyridine rings is 1. The molecule has 2 saturated carbocycles. The molecule has 1 N–H and O–H groups in total. The molecule has 41 heavy (non-hydrogen) atoms. The minimum Gasteiger partial charge on any atom is -0.465 e. The highest BCUT2D eigenvalue weighted by atomic mass is 19.4. The second-order valence-corrected chi connectivity index (χ2v) is 12.7. The van der Waals surface area contributed by atoms with Crippen LogP contribution in [0.25, 0.3) is 0 Å². The van der Waals surface area contributed by atoms with E-state index in [-0.39, 0.29) is 35.7 Å². The number of nitrogens with one attached hydrogen (secondary N) is 1. The number of alkyl halides is 3. The van der Waals surface area contributed by atoms with E-state index in [1.54, 1.807) is 11.0 Å². The first kappa shape index (κ1) is 28.2. The number of hydrogen-bond acceptors (Lipinski definition) is 5. The summed E-state index contributed by atoms with van der Waals surface area (Å²) in [6.45, 7) is 4.66. The van der Waals surface area contributed by atoms with Crippen LogP contribution in [0.1, 0.15) is 78.2 Å². The Morgan fingerprint density at radius 1 is 1.17 bits per heavy atom. The van der Waals surface area contributed by atoms with Crippen molar-refractivity contribution in [3.05, 3.63) is 64.5 Å². The summed E-state index contributed by atoms with van der Waals surface area (Å²) in [6.07, 6.45) is 2.36. The number of hydrogen-bond donors (Lipinski definition) is 1. The largest absolute Gasteiger partial charge is 0.465 e. The average Bonchev–Trinajstić information content (AvgIpc) is 3.55. The van der Waals surface area contributed by atoms with Gasteiger partial charge >= 0.3 is 12.1 Å². The highest BCUT2D eigenvalue weighted by molar-refractivity contribution is 5.89. The maximum absolute atomic E-state index is 14.4. The summed E-state index contributed by atoms with van der Waals surface area (Å²) in [4.78, 5) is 32.8. The third kappa shape index (κ3) is 4.64. The molecule has 5 atom stereocenters. The number of halogens is 3. The maximum Gasteiger partial charge on any atom is 0.417 e. The topological polar surface area (TPSA) is 71.5 Å². The highest BCUT2D eigenvalue weighted by Crippen LogP contribution is 2.63. The number of nitrogens with zero attached hydrogens (tertiary/aromatic N) is 2. The standard InChI is InChI=1S/C32H38F3N3O3/c1-20-17-36-11-10-31(20,24-6-3-5-21(13-24)28(39)41-2)25-15-23-7-4-9-30(23,16-25)29(40)38-12-8-27-22(19-38)14-26(18-37-27)32(33,34)35/h3,5-6,13-14,18,20,23,25,36H,4,7-12,15-17,19H2,1-2H3/t20-,23-,25-,30-,31-/m1/s1. The highest BCUT2D eigenvalue weighted by Gasteiger charge is 2.61. The van der Waals surface area contributed by atoms with Gasteiger partial charge in [-0.3, -0.25) is 9.78 Å². The number of esters is 1. The molecule has 0 bridgehead atoms. The number of carbonyl (C=O) groups excluding carboxylic acids is 2. The minimum absolute atomic E-state index is 0.102. The van der Waals surface area contributed by atoms with E-state index in [0.717, 1.165) is 63.4 Å². The first-order chi connectivity index (χ1) is 19.6. The number of methoxy groups -OCH3 is 1. The number of rotatable bonds is 4. The Balaban J connectivity index is 1.32. The van der Waals surface area contributed by atoms with Gasteiger partial charge in [-0.05, 0) is 92.3 Å². The second kappa shape index (κ2) is 10.4. The fourth-order valence-corrected chi connectivity index (χ4v) is 8.82. The van der Waals surface area contributed by atoms with Crippen molar-refractivity contribution in [1.29, 1.82) is 0 Å². The fourth-order valence-electron chi connectivity index (χ4n) is 8.82. The molecule has 2 aliphatic heterocycles. The van der Waals surface area contributed by atoms with Gasteiger partial charge in [0.1, 0.15) is 0 Å². The van der Waals surface area contributed by atoms with Gasteiger partial charge in [0.2, 0.25) is 5.91 Å². The van der Waals surface area contributed by atoms with E-state index in [2.05, 4.69) is 23.3 Å². The number of amides is 1. The third-order valence-corrected chi connectivity index (χ3v) is 10.8. The predicted molar refractivity (Wildman–Crippen MR) is 147 cm³/mol. The van der Waals surface area contributed by atoms with Crippen molar-refractivity contribution in [1.82, 2.24) is 15.2 Å². The first-order valence-corrected chi connectivity index (χ1v) is 14.8. The third-order valence-electron chi connectivity index (χ3n) is 10.8. The molecule has 6 nitrogen and oxygen atoms in total. The lowest BCUT2D eigenvalue weighted by molar-refractivity contribution is -0.144. The molecule has 3 heterocycles. The normalized spacial score (nSPS) is 31.4. The van der Waals surface area contributed by atoms with Gasteiger partial charge in [-0.1, -0.05) is 25.5 Å². The SMILES string of the molecule is COC(=O)c1cccc([C@@]2([C@@H]3C[C@H]4CCC[C@@]4(C(=O)N4CCc5ncc(C(F)(F)F)cc5C4)C3)CCNC[C@H]2C)c1. The van der Waals surface area contributed by atoms with Crippen LogP contribution in [0.3, 0.4) is 0 Å². The van der Waals surface area contributed by atoms with Gasteiger partial charge in [0.25, 0.3) is 0 Å². The van der Waals surface area contributed by atoms with Gasteiger partial charge in [0.05, 0.1) is 23.7 Å². The lowest BCUT2D eigenvalue weighted by atomic mass is 9.58. The summed E-state index contributed by atoms with van der Waals surface area (Å²) < 4.78 is 45.2. The van der Waals surface area contributed by atoms with Gasteiger partial charge in [-0.2, -0.15) is 13.2 Å². The van der Waals surface area contributed by atoms with Crippen LogP contribution in [0.15, 0.2) is 36.5 Å². The number of aromatic nitrogens is 1. The zero-order valence-corrected chi connectivity index (χ0v) is 23.7. The number of fused-ring (bicyclic) bond motifs is 2. The summed E-state index contributed by atoms with van der Waals surface area (Å²) in [5, 5.41) is 3.54. The molecule has 0 unspecified atom stereocenters. The van der Waals surface area contributed by atoms with Crippen LogP contribution in [0.4, 0.5) is 13.2 Å². The van der Waals surface area contributed by atoms with Crippen LogP contribution in [0.5, 0.6) is 0 Å². The molecule has 0 spiro atoms. The minimum atomic E-state index is -4.47. The Kier molecular flexibility index (Phi) is 7.15. The van der Waals surface area contributed by atoms with Crippen LogP contribution >= 0.6 is 0 Å². The van der Waals surface area contributed by atoms with E-state index in [1.165, 1.54) is 13.2 Å². The predicted octanol–water partition coefficient (Wildman–Crippen LogP) is 5.54. The molecule has 1 saturated heterocycles. The summed E-state index contributed by atoms with van der Waals surface area (Å²) in [7, 11) is 1.39. The van der Waals surface area contributed by atoms with E-state index in [0.29, 0.717) is 35.7 Å². The van der Waals surface area contributed by atoms with Crippen molar-refractivity contribution in [2.45, 2.75) is 70.0 Å². The summed E-state index contributed by atoms with van der Waals surface area (Å²) in [5.74, 6) is 0.563. The quantitative estimate of drug-likeness (QED) is 0.490. The average molecular weight is 570 g/mol. The van der Waals surface area contributed by atoms with Crippen LogP contribution in [0.2, 0.25) is 0 Å². The molecular weight excluding hydrogens is 531 g/mol. The van der Waals surface area contributed by atoms with Crippen molar-refractivity contribution in [2.24, 2.45) is 23.2 Å². The Hall–Kier alpha value is -2.94. The zero-order valence-electron chi connectivity index (χ0n) is 23.7. The van der Waals surface area contributed by atoms with Crippen molar-refractivity contribution in [2.75, 3.05) is 26.7 Å². The molecule has 9 heteroatoms. The Morgan fingerprint density at radius 3 is 2.76 bits per heavy atom. The Morgan fingerprint density at radius 2 is 2.00 bits per heavy atom. The Labute approximate surface area is 239 Å². The van der Waals surface area contributed by atoms with Crippen molar-refractivity contribution < 1.29 is 27.5 Å². The van der Waals surface area contributed by atoms with E-state index < -0.39 is 17.2 Å². The molecule has 0 radical (unpaired) electrons. The second-order valence-electron chi connectivity index (χ2n) is 12.7. The van der Waals surface area contributed by atoms with E-state index in [4.69, 9.17) is 4.74 Å². The van der Waals surface area contributed by atoms with E-state index in [1.807, 2.05) is 12.1 Å². The molecule has 1 amide bonds. The van der Waals surface area contributed by atoms with Crippen LogP contribution in [-0.4, -0.2) is 48.5 Å². The van der Waals surface area contributed by atoms with Crippen molar-refractivity contribution in [3.8, 4) is 0 Å². The van der Waals surface area contributed by atoms with Crippen LogP contribution in [-0.2, 0) is 34.1 Å². The number of piperidine rings is 1. The van der Waals surface area contributed by atoms with E-state index >= 15 is 0 Å². The molecular formula is C32H38F3N3O3. The van der Waals surface area contributed by atoms with Crippen molar-refractivity contribution in [3.63, 3.8) is 0 Å².